The summed E-state index contributed by atoms with van der Waals surface area (Å²) in [4.78, 5) is 25.9. The van der Waals surface area contributed by atoms with Crippen LogP contribution < -0.4 is 15.2 Å². The van der Waals surface area contributed by atoms with Crippen LogP contribution >= 0.6 is 34.5 Å². The Hall–Kier alpha value is -2.54. The largest absolute Gasteiger partial charge is 0.462 e. The van der Waals surface area contributed by atoms with Gasteiger partial charge in [-0.15, -0.1) is 0 Å². The second-order valence-electron chi connectivity index (χ2n) is 6.30. The smallest absolute Gasteiger partial charge is 0.340 e. The highest BCUT2D eigenvalue weighted by molar-refractivity contribution is 7.16. The first-order valence-electron chi connectivity index (χ1n) is 8.78. The first kappa shape index (κ1) is 19.8. The van der Waals surface area contributed by atoms with Crippen LogP contribution in [0, 0.1) is 0 Å². The number of hydrogen-bond acceptors (Lipinski definition) is 6. The highest BCUT2D eigenvalue weighted by Crippen LogP contribution is 2.48. The zero-order valence-corrected chi connectivity index (χ0v) is 17.5. The summed E-state index contributed by atoms with van der Waals surface area (Å²) in [5.74, 6) is -1.44. The SMILES string of the molecule is CCOC(=O)C1=C(N)Oc2c(c(=O)sc3ccccc23)[C@H]1c1c(Cl)cccc1Cl. The summed E-state index contributed by atoms with van der Waals surface area (Å²) >= 11 is 14.0. The number of halogens is 2. The lowest BCUT2D eigenvalue weighted by Crippen LogP contribution is -2.30. The van der Waals surface area contributed by atoms with Gasteiger partial charge in [0.1, 0.15) is 11.3 Å². The van der Waals surface area contributed by atoms with Gasteiger partial charge in [0.2, 0.25) is 10.6 Å². The minimum Gasteiger partial charge on any atom is -0.462 e. The van der Waals surface area contributed by atoms with Crippen LogP contribution in [0.2, 0.25) is 10.0 Å². The molecule has 8 heteroatoms. The summed E-state index contributed by atoms with van der Waals surface area (Å²) in [6, 6.07) is 12.3. The molecule has 0 aliphatic carbocycles. The molecule has 0 fully saturated rings. The molecule has 1 aromatic heterocycles. The lowest BCUT2D eigenvalue weighted by molar-refractivity contribution is -0.139. The number of carbonyl (C=O) groups is 1. The predicted molar refractivity (Wildman–Crippen MR) is 115 cm³/mol. The Balaban J connectivity index is 2.10. The fourth-order valence-electron chi connectivity index (χ4n) is 3.45. The number of rotatable bonds is 3. The maximum atomic E-state index is 13.2. The molecule has 0 amide bonds. The second-order valence-corrected chi connectivity index (χ2v) is 8.13. The Morgan fingerprint density at radius 3 is 2.52 bits per heavy atom. The van der Waals surface area contributed by atoms with Crippen molar-refractivity contribution in [1.29, 1.82) is 0 Å². The first-order valence-corrected chi connectivity index (χ1v) is 10.4. The standard InChI is InChI=1S/C21H15Cl2NO4S/c1-2-27-20(25)17-15(14-11(22)7-5-8-12(14)23)16-18(28-19(17)24)10-6-3-4-9-13(10)29-21(16)26/h3-9,15H,2,24H2,1H3/t15-/m1/s1. The second kappa shape index (κ2) is 7.71. The van der Waals surface area contributed by atoms with Crippen molar-refractivity contribution < 1.29 is 14.3 Å². The average Bonchev–Trinajstić information content (AvgIpc) is 2.67. The molecule has 0 saturated carbocycles. The molecule has 0 saturated heterocycles. The van der Waals surface area contributed by atoms with Gasteiger partial charge in [-0.1, -0.05) is 52.7 Å². The van der Waals surface area contributed by atoms with Crippen molar-refractivity contribution in [1.82, 2.24) is 0 Å². The zero-order valence-electron chi connectivity index (χ0n) is 15.2. The van der Waals surface area contributed by atoms with Crippen molar-refractivity contribution in [3.05, 3.63) is 84.6 Å². The molecule has 5 nitrogen and oxygen atoms in total. The third-order valence-corrected chi connectivity index (χ3v) is 6.28. The van der Waals surface area contributed by atoms with Crippen molar-refractivity contribution in [2.75, 3.05) is 6.61 Å². The van der Waals surface area contributed by atoms with E-state index in [1.807, 2.05) is 24.3 Å². The molecule has 0 radical (unpaired) electrons. The van der Waals surface area contributed by atoms with Gasteiger partial charge in [0, 0.05) is 25.7 Å². The molecular formula is C21H15Cl2NO4S. The Kier molecular flexibility index (Phi) is 5.25. The minimum absolute atomic E-state index is 0.00827. The molecule has 0 spiro atoms. The van der Waals surface area contributed by atoms with Gasteiger partial charge in [-0.25, -0.2) is 4.79 Å². The summed E-state index contributed by atoms with van der Waals surface area (Å²) in [5, 5.41) is 1.33. The number of hydrogen-bond donors (Lipinski definition) is 1. The lowest BCUT2D eigenvalue weighted by atomic mass is 9.83. The Bertz CT molecular complexity index is 1210. The molecule has 0 unspecified atom stereocenters. The van der Waals surface area contributed by atoms with Gasteiger partial charge in [0.05, 0.1) is 18.1 Å². The van der Waals surface area contributed by atoms with Crippen LogP contribution in [-0.2, 0) is 9.53 Å². The molecule has 148 valence electrons. The molecule has 0 bridgehead atoms. The van der Waals surface area contributed by atoms with Crippen LogP contribution in [0.3, 0.4) is 0 Å². The van der Waals surface area contributed by atoms with Crippen LogP contribution in [0.15, 0.2) is 58.7 Å². The van der Waals surface area contributed by atoms with Crippen molar-refractivity contribution in [3.63, 3.8) is 0 Å². The van der Waals surface area contributed by atoms with Crippen molar-refractivity contribution in [3.8, 4) is 5.75 Å². The van der Waals surface area contributed by atoms with Gasteiger partial charge in [-0.05, 0) is 31.2 Å². The fraction of sp³-hybridized carbons (Fsp3) is 0.143. The summed E-state index contributed by atoms with van der Waals surface area (Å²) in [5.41, 5.74) is 6.85. The number of benzene rings is 2. The Morgan fingerprint density at radius 1 is 1.14 bits per heavy atom. The molecule has 2 N–H and O–H groups in total. The van der Waals surface area contributed by atoms with Gasteiger partial charge in [-0.3, -0.25) is 4.79 Å². The van der Waals surface area contributed by atoms with Crippen LogP contribution in [-0.4, -0.2) is 12.6 Å². The predicted octanol–water partition coefficient (Wildman–Crippen LogP) is 4.83. The number of esters is 1. The van der Waals surface area contributed by atoms with Gasteiger partial charge >= 0.3 is 5.97 Å². The summed E-state index contributed by atoms with van der Waals surface area (Å²) in [6.45, 7) is 1.81. The highest BCUT2D eigenvalue weighted by atomic mass is 35.5. The van der Waals surface area contributed by atoms with E-state index in [0.29, 0.717) is 26.7 Å². The quantitative estimate of drug-likeness (QED) is 0.581. The van der Waals surface area contributed by atoms with E-state index in [1.54, 1.807) is 25.1 Å². The molecule has 1 aliphatic rings. The topological polar surface area (TPSA) is 78.6 Å². The van der Waals surface area contributed by atoms with Crippen LogP contribution in [0.1, 0.15) is 24.0 Å². The molecule has 29 heavy (non-hydrogen) atoms. The van der Waals surface area contributed by atoms with Crippen LogP contribution in [0.5, 0.6) is 5.75 Å². The average molecular weight is 448 g/mol. The highest BCUT2D eigenvalue weighted by Gasteiger charge is 2.40. The number of nitrogens with two attached hydrogens (primary N) is 1. The van der Waals surface area contributed by atoms with E-state index in [0.717, 1.165) is 16.0 Å². The van der Waals surface area contributed by atoms with Crippen LogP contribution in [0.25, 0.3) is 10.1 Å². The summed E-state index contributed by atoms with van der Waals surface area (Å²) in [6.07, 6.45) is 0. The Labute approximate surface area is 180 Å². The third-order valence-electron chi connectivity index (χ3n) is 4.64. The van der Waals surface area contributed by atoms with E-state index in [9.17, 15) is 9.59 Å². The van der Waals surface area contributed by atoms with Gasteiger partial charge in [0.15, 0.2) is 0 Å². The van der Waals surface area contributed by atoms with Gasteiger partial charge < -0.3 is 15.2 Å². The van der Waals surface area contributed by atoms with E-state index in [2.05, 4.69) is 0 Å². The molecule has 2 heterocycles. The Morgan fingerprint density at radius 2 is 1.83 bits per heavy atom. The zero-order chi connectivity index (χ0) is 20.7. The number of ether oxygens (including phenoxy) is 2. The van der Waals surface area contributed by atoms with Crippen molar-refractivity contribution in [2.24, 2.45) is 5.73 Å². The maximum absolute atomic E-state index is 13.2. The minimum atomic E-state index is -0.910. The molecule has 4 rings (SSSR count). The molecule has 1 aliphatic heterocycles. The molecule has 2 aromatic carbocycles. The van der Waals surface area contributed by atoms with Gasteiger partial charge in [0.25, 0.3) is 0 Å². The monoisotopic (exact) mass is 447 g/mol. The van der Waals surface area contributed by atoms with Crippen molar-refractivity contribution >= 4 is 50.6 Å². The van der Waals surface area contributed by atoms with Gasteiger partial charge in [-0.2, -0.15) is 0 Å². The normalized spacial score (nSPS) is 15.8. The fourth-order valence-corrected chi connectivity index (χ4v) is 5.00. The number of carbonyl (C=O) groups excluding carboxylic acids is 1. The van der Waals surface area contributed by atoms with Crippen molar-refractivity contribution in [2.45, 2.75) is 12.8 Å². The summed E-state index contributed by atoms with van der Waals surface area (Å²) < 4.78 is 11.5. The van der Waals surface area contributed by atoms with E-state index in [1.165, 1.54) is 0 Å². The molecule has 1 atom stereocenters. The third kappa shape index (κ3) is 3.27. The molecular weight excluding hydrogens is 433 g/mol. The van der Waals surface area contributed by atoms with Crippen LogP contribution in [0.4, 0.5) is 0 Å². The maximum Gasteiger partial charge on any atom is 0.340 e. The lowest BCUT2D eigenvalue weighted by Gasteiger charge is -2.29. The van der Waals surface area contributed by atoms with E-state index >= 15 is 0 Å². The summed E-state index contributed by atoms with van der Waals surface area (Å²) in [7, 11) is 0. The first-order chi connectivity index (χ1) is 13.9. The molecule has 3 aromatic rings. The van der Waals surface area contributed by atoms with E-state index in [4.69, 9.17) is 38.4 Å². The number of fused-ring (bicyclic) bond motifs is 3. The van der Waals surface area contributed by atoms with E-state index < -0.39 is 11.9 Å². The van der Waals surface area contributed by atoms with E-state index in [-0.39, 0.29) is 28.4 Å².